The number of para-hydroxylation sites is 2. The first kappa shape index (κ1) is 21.4. The Hall–Kier alpha value is -2.86. The molecule has 0 aliphatic carbocycles. The van der Waals surface area contributed by atoms with Gasteiger partial charge in [0.05, 0.1) is 19.4 Å². The lowest BCUT2D eigenvalue weighted by atomic mass is 10.2. The summed E-state index contributed by atoms with van der Waals surface area (Å²) < 4.78 is 16.3. The van der Waals surface area contributed by atoms with Crippen LogP contribution in [-0.4, -0.2) is 33.4 Å². The number of ether oxygens (including phenoxy) is 3. The lowest BCUT2D eigenvalue weighted by Crippen LogP contribution is -2.23. The third-order valence-electron chi connectivity index (χ3n) is 4.06. The first-order chi connectivity index (χ1) is 13.7. The summed E-state index contributed by atoms with van der Waals surface area (Å²) in [6.07, 6.45) is 2.05. The monoisotopic (exact) mass is 385 g/mol. The predicted octanol–water partition coefficient (Wildman–Crippen LogP) is 3.50. The summed E-state index contributed by atoms with van der Waals surface area (Å²) in [6, 6.07) is 15.8. The summed E-state index contributed by atoms with van der Waals surface area (Å²) in [5, 5.41) is 6.81. The summed E-state index contributed by atoms with van der Waals surface area (Å²) in [5.41, 5.74) is 7.44. The van der Waals surface area contributed by atoms with Gasteiger partial charge in [0.25, 0.3) is 0 Å². The Labute approximate surface area is 167 Å². The molecule has 2 aromatic carbocycles. The number of rotatable bonds is 14. The molecule has 6 nitrogen and oxygen atoms in total. The van der Waals surface area contributed by atoms with E-state index in [9.17, 15) is 0 Å². The average molecular weight is 386 g/mol. The van der Waals surface area contributed by atoms with E-state index in [4.69, 9.17) is 19.9 Å². The Morgan fingerprint density at radius 1 is 1.04 bits per heavy atom. The van der Waals surface area contributed by atoms with Crippen molar-refractivity contribution in [1.82, 2.24) is 5.32 Å². The molecule has 0 amide bonds. The molecule has 0 unspecified atom stereocenters. The number of methoxy groups -OCH3 is 1. The topological polar surface area (TPSA) is 77.8 Å². The molecule has 4 N–H and O–H groups in total. The minimum atomic E-state index is 0.219. The van der Waals surface area contributed by atoms with Gasteiger partial charge in [-0.1, -0.05) is 24.3 Å². The van der Waals surface area contributed by atoms with E-state index in [1.807, 2.05) is 48.5 Å². The second kappa shape index (κ2) is 12.5. The number of anilines is 1. The second-order valence-corrected chi connectivity index (χ2v) is 6.34. The predicted molar refractivity (Wildman–Crippen MR) is 114 cm³/mol. The van der Waals surface area contributed by atoms with Crippen LogP contribution < -0.4 is 25.8 Å². The van der Waals surface area contributed by atoms with Gasteiger partial charge < -0.3 is 30.6 Å². The molecular weight excluding hydrogens is 354 g/mol. The Kier molecular flexibility index (Phi) is 9.58. The van der Waals surface area contributed by atoms with E-state index in [-0.39, 0.29) is 5.88 Å². The van der Waals surface area contributed by atoms with Gasteiger partial charge >= 0.3 is 0 Å². The number of benzene rings is 2. The smallest absolute Gasteiger partial charge is 0.176 e. The van der Waals surface area contributed by atoms with Crippen molar-refractivity contribution in [3.63, 3.8) is 0 Å². The van der Waals surface area contributed by atoms with E-state index in [0.717, 1.165) is 55.2 Å². The SMILES string of the molecule is C=C(N)OCc1cccc(OCCCCNCCNc2ccccc2OC)c1. The molecule has 0 aliphatic rings. The molecule has 0 saturated carbocycles. The minimum absolute atomic E-state index is 0.219. The highest BCUT2D eigenvalue weighted by Gasteiger charge is 2.00. The van der Waals surface area contributed by atoms with Crippen LogP contribution in [0.5, 0.6) is 11.5 Å². The van der Waals surface area contributed by atoms with Crippen molar-refractivity contribution in [2.45, 2.75) is 19.4 Å². The molecule has 0 spiro atoms. The summed E-state index contributed by atoms with van der Waals surface area (Å²) in [7, 11) is 1.68. The summed E-state index contributed by atoms with van der Waals surface area (Å²) >= 11 is 0. The zero-order valence-corrected chi connectivity index (χ0v) is 16.6. The van der Waals surface area contributed by atoms with Gasteiger partial charge in [-0.3, -0.25) is 0 Å². The number of hydrogen-bond acceptors (Lipinski definition) is 6. The van der Waals surface area contributed by atoms with Crippen LogP contribution in [0.1, 0.15) is 18.4 Å². The number of nitrogens with one attached hydrogen (secondary N) is 2. The first-order valence-electron chi connectivity index (χ1n) is 9.55. The summed E-state index contributed by atoms with van der Waals surface area (Å²) in [5.74, 6) is 1.93. The van der Waals surface area contributed by atoms with Crippen molar-refractivity contribution < 1.29 is 14.2 Å². The molecule has 2 rings (SSSR count). The van der Waals surface area contributed by atoms with E-state index in [2.05, 4.69) is 17.2 Å². The molecule has 0 saturated heterocycles. The minimum Gasteiger partial charge on any atom is -0.495 e. The fourth-order valence-electron chi connectivity index (χ4n) is 2.64. The van der Waals surface area contributed by atoms with E-state index in [1.165, 1.54) is 0 Å². The number of nitrogens with two attached hydrogens (primary N) is 1. The fourth-order valence-corrected chi connectivity index (χ4v) is 2.64. The number of unbranched alkanes of at least 4 members (excludes halogenated alkanes) is 1. The maximum absolute atomic E-state index is 5.80. The molecule has 152 valence electrons. The Balaban J connectivity index is 1.52. The van der Waals surface area contributed by atoms with Crippen LogP contribution in [0.15, 0.2) is 61.0 Å². The van der Waals surface area contributed by atoms with Crippen LogP contribution in [0, 0.1) is 0 Å². The molecule has 28 heavy (non-hydrogen) atoms. The van der Waals surface area contributed by atoms with Crippen molar-refractivity contribution in [2.75, 3.05) is 38.7 Å². The van der Waals surface area contributed by atoms with Crippen molar-refractivity contribution in [2.24, 2.45) is 5.73 Å². The van der Waals surface area contributed by atoms with Gasteiger partial charge in [-0.05, 0) is 55.8 Å². The van der Waals surface area contributed by atoms with E-state index < -0.39 is 0 Å². The Morgan fingerprint density at radius 3 is 2.71 bits per heavy atom. The van der Waals surface area contributed by atoms with Gasteiger partial charge in [0, 0.05) is 13.1 Å². The van der Waals surface area contributed by atoms with Crippen molar-refractivity contribution in [3.05, 3.63) is 66.6 Å². The third kappa shape index (κ3) is 8.22. The first-order valence-corrected chi connectivity index (χ1v) is 9.55. The van der Waals surface area contributed by atoms with Gasteiger partial charge in [-0.15, -0.1) is 0 Å². The van der Waals surface area contributed by atoms with E-state index in [0.29, 0.717) is 13.2 Å². The van der Waals surface area contributed by atoms with E-state index >= 15 is 0 Å². The fraction of sp³-hybridized carbons (Fsp3) is 0.364. The molecule has 0 heterocycles. The van der Waals surface area contributed by atoms with Crippen LogP contribution in [0.4, 0.5) is 5.69 Å². The van der Waals surface area contributed by atoms with E-state index in [1.54, 1.807) is 7.11 Å². The highest BCUT2D eigenvalue weighted by atomic mass is 16.5. The average Bonchev–Trinajstić information content (AvgIpc) is 2.71. The largest absolute Gasteiger partial charge is 0.495 e. The highest BCUT2D eigenvalue weighted by Crippen LogP contribution is 2.22. The molecule has 0 aliphatic heterocycles. The second-order valence-electron chi connectivity index (χ2n) is 6.34. The number of hydrogen-bond donors (Lipinski definition) is 3. The molecule has 0 aromatic heterocycles. The van der Waals surface area contributed by atoms with Crippen LogP contribution >= 0.6 is 0 Å². The lowest BCUT2D eigenvalue weighted by molar-refractivity contribution is 0.197. The van der Waals surface area contributed by atoms with Gasteiger partial charge in [-0.2, -0.15) is 0 Å². The van der Waals surface area contributed by atoms with Crippen LogP contribution in [0.3, 0.4) is 0 Å². The normalized spacial score (nSPS) is 10.3. The molecule has 0 bridgehead atoms. The Morgan fingerprint density at radius 2 is 1.89 bits per heavy atom. The van der Waals surface area contributed by atoms with Crippen LogP contribution in [-0.2, 0) is 11.3 Å². The van der Waals surface area contributed by atoms with Crippen molar-refractivity contribution in [1.29, 1.82) is 0 Å². The Bertz CT molecular complexity index is 722. The van der Waals surface area contributed by atoms with Crippen LogP contribution in [0.2, 0.25) is 0 Å². The van der Waals surface area contributed by atoms with Gasteiger partial charge in [-0.25, -0.2) is 0 Å². The summed E-state index contributed by atoms with van der Waals surface area (Å²) in [6.45, 7) is 7.32. The highest BCUT2D eigenvalue weighted by molar-refractivity contribution is 5.56. The van der Waals surface area contributed by atoms with Gasteiger partial charge in [0.15, 0.2) is 5.88 Å². The zero-order chi connectivity index (χ0) is 20.0. The van der Waals surface area contributed by atoms with Crippen molar-refractivity contribution >= 4 is 5.69 Å². The molecule has 0 atom stereocenters. The molecule has 2 aromatic rings. The standard InChI is InChI=1S/C22H31N3O3/c1-18(23)28-17-19-8-7-9-20(16-19)27-15-6-5-12-24-13-14-25-21-10-3-4-11-22(21)26-2/h3-4,7-11,16,24-25H,1,5-6,12-15,17,23H2,2H3. The quantitative estimate of drug-likeness (QED) is 0.341. The molecular formula is C22H31N3O3. The van der Waals surface area contributed by atoms with Crippen LogP contribution in [0.25, 0.3) is 0 Å². The van der Waals surface area contributed by atoms with Gasteiger partial charge in [0.2, 0.25) is 0 Å². The third-order valence-corrected chi connectivity index (χ3v) is 4.06. The maximum atomic E-state index is 5.80. The lowest BCUT2D eigenvalue weighted by Gasteiger charge is -2.11. The molecule has 6 heteroatoms. The zero-order valence-electron chi connectivity index (χ0n) is 16.6. The van der Waals surface area contributed by atoms with Gasteiger partial charge in [0.1, 0.15) is 18.1 Å². The maximum Gasteiger partial charge on any atom is 0.176 e. The molecule has 0 radical (unpaired) electrons. The summed E-state index contributed by atoms with van der Waals surface area (Å²) in [4.78, 5) is 0. The molecule has 0 fully saturated rings. The van der Waals surface area contributed by atoms with Crippen molar-refractivity contribution in [3.8, 4) is 11.5 Å².